The molecule has 0 radical (unpaired) electrons. The van der Waals surface area contributed by atoms with E-state index in [9.17, 15) is 9.18 Å². The number of aliphatic hydroxyl groups excluding tert-OH is 1. The van der Waals surface area contributed by atoms with Crippen molar-refractivity contribution < 1.29 is 14.3 Å². The van der Waals surface area contributed by atoms with Gasteiger partial charge in [-0.15, -0.1) is 0 Å². The van der Waals surface area contributed by atoms with Gasteiger partial charge in [0.15, 0.2) is 0 Å². The van der Waals surface area contributed by atoms with E-state index in [1.165, 1.54) is 12.1 Å². The summed E-state index contributed by atoms with van der Waals surface area (Å²) in [6.07, 6.45) is 0.597. The molecule has 0 aliphatic carbocycles. The maximum Gasteiger partial charge on any atom is 0.319 e. The molecule has 102 valence electrons. The normalized spacial score (nSPS) is 11.5. The smallest absolute Gasteiger partial charge is 0.319 e. The van der Waals surface area contributed by atoms with Crippen LogP contribution in [0.15, 0.2) is 18.2 Å². The number of carbonyl (C=O) groups excluding carboxylic acids is 1. The highest BCUT2D eigenvalue weighted by molar-refractivity contribution is 5.90. The fourth-order valence-electron chi connectivity index (χ4n) is 1.47. The van der Waals surface area contributed by atoms with Crippen LogP contribution in [0.1, 0.15) is 18.9 Å². The predicted molar refractivity (Wildman–Crippen MR) is 69.0 cm³/mol. The standard InChI is InChI=1S/C13H16FN3O2/c1-9(4-5-18)8-16-13(19)17-12-3-2-11(14)6-10(12)7-15/h2-3,6,9,18H,4-5,8H2,1H3,(H2,16,17,19). The number of amides is 2. The first-order valence-corrected chi connectivity index (χ1v) is 5.92. The first-order chi connectivity index (χ1) is 9.06. The minimum atomic E-state index is -0.529. The van der Waals surface area contributed by atoms with Crippen molar-refractivity contribution in [3.63, 3.8) is 0 Å². The summed E-state index contributed by atoms with van der Waals surface area (Å²) in [5, 5.41) is 22.7. The molecule has 0 saturated carbocycles. The van der Waals surface area contributed by atoms with Gasteiger partial charge in [-0.1, -0.05) is 6.92 Å². The van der Waals surface area contributed by atoms with Gasteiger partial charge in [0.2, 0.25) is 0 Å². The Balaban J connectivity index is 2.56. The lowest BCUT2D eigenvalue weighted by Gasteiger charge is -2.12. The van der Waals surface area contributed by atoms with Gasteiger partial charge in [0.05, 0.1) is 11.3 Å². The van der Waals surface area contributed by atoms with Crippen molar-refractivity contribution in [1.82, 2.24) is 5.32 Å². The Hall–Kier alpha value is -2.13. The number of anilines is 1. The summed E-state index contributed by atoms with van der Waals surface area (Å²) in [5.74, 6) is -0.376. The summed E-state index contributed by atoms with van der Waals surface area (Å²) >= 11 is 0. The molecule has 6 heteroatoms. The van der Waals surface area contributed by atoms with Crippen LogP contribution in [0.5, 0.6) is 0 Å². The molecule has 5 nitrogen and oxygen atoms in total. The van der Waals surface area contributed by atoms with Crippen LogP contribution in [-0.2, 0) is 0 Å². The second-order valence-corrected chi connectivity index (χ2v) is 4.25. The van der Waals surface area contributed by atoms with E-state index in [2.05, 4.69) is 10.6 Å². The zero-order chi connectivity index (χ0) is 14.3. The second kappa shape index (κ2) is 7.34. The van der Waals surface area contributed by atoms with Crippen LogP contribution in [0.2, 0.25) is 0 Å². The Morgan fingerprint density at radius 2 is 2.32 bits per heavy atom. The third-order valence-corrected chi connectivity index (χ3v) is 2.58. The quantitative estimate of drug-likeness (QED) is 0.759. The van der Waals surface area contributed by atoms with E-state index in [4.69, 9.17) is 10.4 Å². The van der Waals surface area contributed by atoms with Gasteiger partial charge in [0, 0.05) is 13.2 Å². The van der Waals surface area contributed by atoms with E-state index in [1.54, 1.807) is 0 Å². The topological polar surface area (TPSA) is 85.2 Å². The summed E-state index contributed by atoms with van der Waals surface area (Å²) in [7, 11) is 0. The molecule has 3 N–H and O–H groups in total. The van der Waals surface area contributed by atoms with Crippen molar-refractivity contribution in [1.29, 1.82) is 5.26 Å². The molecule has 0 saturated heterocycles. The first-order valence-electron chi connectivity index (χ1n) is 5.92. The summed E-state index contributed by atoms with van der Waals surface area (Å²) < 4.78 is 12.9. The Labute approximate surface area is 111 Å². The molecule has 1 aromatic carbocycles. The molecular weight excluding hydrogens is 249 g/mol. The Kier molecular flexibility index (Phi) is 5.76. The number of rotatable bonds is 5. The number of nitriles is 1. The SMILES string of the molecule is CC(CCO)CNC(=O)Nc1ccc(F)cc1C#N. The number of aliphatic hydroxyl groups is 1. The van der Waals surface area contributed by atoms with Crippen LogP contribution < -0.4 is 10.6 Å². The van der Waals surface area contributed by atoms with E-state index in [0.717, 1.165) is 6.07 Å². The van der Waals surface area contributed by atoms with Gasteiger partial charge in [-0.05, 0) is 30.5 Å². The zero-order valence-corrected chi connectivity index (χ0v) is 10.6. The van der Waals surface area contributed by atoms with Crippen molar-refractivity contribution in [2.75, 3.05) is 18.5 Å². The molecule has 1 unspecified atom stereocenters. The molecule has 0 aromatic heterocycles. The molecule has 1 aromatic rings. The number of hydrogen-bond donors (Lipinski definition) is 3. The summed E-state index contributed by atoms with van der Waals surface area (Å²) in [6.45, 7) is 2.38. The summed E-state index contributed by atoms with van der Waals surface area (Å²) in [5.41, 5.74) is 0.328. The van der Waals surface area contributed by atoms with Crippen LogP contribution in [-0.4, -0.2) is 24.3 Å². The Morgan fingerprint density at radius 3 is 2.95 bits per heavy atom. The van der Waals surface area contributed by atoms with Crippen LogP contribution in [0, 0.1) is 23.1 Å². The number of hydrogen-bond acceptors (Lipinski definition) is 3. The van der Waals surface area contributed by atoms with Crippen LogP contribution in [0.4, 0.5) is 14.9 Å². The third kappa shape index (κ3) is 4.94. The van der Waals surface area contributed by atoms with E-state index >= 15 is 0 Å². The summed E-state index contributed by atoms with van der Waals surface area (Å²) in [4.78, 5) is 11.6. The zero-order valence-electron chi connectivity index (χ0n) is 10.6. The van der Waals surface area contributed by atoms with Crippen molar-refractivity contribution >= 4 is 11.7 Å². The second-order valence-electron chi connectivity index (χ2n) is 4.25. The van der Waals surface area contributed by atoms with Gasteiger partial charge in [-0.25, -0.2) is 9.18 Å². The number of carbonyl (C=O) groups is 1. The van der Waals surface area contributed by atoms with Crippen molar-refractivity contribution in [2.45, 2.75) is 13.3 Å². The van der Waals surface area contributed by atoms with Crippen LogP contribution in [0.25, 0.3) is 0 Å². The lowest BCUT2D eigenvalue weighted by molar-refractivity contribution is 0.243. The average molecular weight is 265 g/mol. The molecule has 0 aliphatic heterocycles. The lowest BCUT2D eigenvalue weighted by Crippen LogP contribution is -2.32. The lowest BCUT2D eigenvalue weighted by atomic mass is 10.1. The van der Waals surface area contributed by atoms with Gasteiger partial charge >= 0.3 is 6.03 Å². The van der Waals surface area contributed by atoms with Gasteiger partial charge in [0.1, 0.15) is 11.9 Å². The van der Waals surface area contributed by atoms with E-state index in [1.807, 2.05) is 13.0 Å². The highest BCUT2D eigenvalue weighted by Crippen LogP contribution is 2.15. The largest absolute Gasteiger partial charge is 0.396 e. The van der Waals surface area contributed by atoms with Crippen molar-refractivity contribution in [3.05, 3.63) is 29.6 Å². The molecule has 1 rings (SSSR count). The fraction of sp³-hybridized carbons (Fsp3) is 0.385. The van der Waals surface area contributed by atoms with Crippen LogP contribution in [0.3, 0.4) is 0 Å². The molecule has 0 aliphatic rings. The maximum atomic E-state index is 12.9. The number of halogens is 1. The number of urea groups is 1. The Morgan fingerprint density at radius 1 is 1.58 bits per heavy atom. The first kappa shape index (κ1) is 14.9. The molecule has 0 heterocycles. The summed E-state index contributed by atoms with van der Waals surface area (Å²) in [6, 6.07) is 4.92. The molecule has 0 fully saturated rings. The average Bonchev–Trinajstić information content (AvgIpc) is 2.39. The van der Waals surface area contributed by atoms with E-state index < -0.39 is 11.8 Å². The van der Waals surface area contributed by atoms with Gasteiger partial charge in [0.25, 0.3) is 0 Å². The van der Waals surface area contributed by atoms with Gasteiger partial charge < -0.3 is 15.7 Å². The minimum Gasteiger partial charge on any atom is -0.396 e. The molecule has 2 amide bonds. The number of nitrogens with one attached hydrogen (secondary N) is 2. The van der Waals surface area contributed by atoms with Crippen molar-refractivity contribution in [3.8, 4) is 6.07 Å². The third-order valence-electron chi connectivity index (χ3n) is 2.58. The highest BCUT2D eigenvalue weighted by atomic mass is 19.1. The monoisotopic (exact) mass is 265 g/mol. The molecule has 0 bridgehead atoms. The molecule has 19 heavy (non-hydrogen) atoms. The molecule has 1 atom stereocenters. The van der Waals surface area contributed by atoms with E-state index in [-0.39, 0.29) is 23.8 Å². The Bertz CT molecular complexity index is 485. The molecule has 0 spiro atoms. The fourth-order valence-corrected chi connectivity index (χ4v) is 1.47. The number of benzene rings is 1. The van der Waals surface area contributed by atoms with E-state index in [0.29, 0.717) is 13.0 Å². The van der Waals surface area contributed by atoms with Gasteiger partial charge in [-0.2, -0.15) is 5.26 Å². The predicted octanol–water partition coefficient (Wildman–Crippen LogP) is 1.84. The van der Waals surface area contributed by atoms with Crippen molar-refractivity contribution in [2.24, 2.45) is 5.92 Å². The molecular formula is C13H16FN3O2. The number of nitrogens with zero attached hydrogens (tertiary/aromatic N) is 1. The minimum absolute atomic E-state index is 0.0681. The highest BCUT2D eigenvalue weighted by Gasteiger charge is 2.08. The van der Waals surface area contributed by atoms with Gasteiger partial charge in [-0.3, -0.25) is 0 Å². The van der Waals surface area contributed by atoms with Crippen LogP contribution >= 0.6 is 0 Å². The maximum absolute atomic E-state index is 12.9.